The predicted molar refractivity (Wildman–Crippen MR) is 56.6 cm³/mol. The Kier molecular flexibility index (Phi) is 8.35. The van der Waals surface area contributed by atoms with E-state index in [0.29, 0.717) is 13.2 Å². The molecule has 0 fully saturated rings. The van der Waals surface area contributed by atoms with Crippen molar-refractivity contribution >= 4 is 9.53 Å². The van der Waals surface area contributed by atoms with E-state index < -0.39 is 9.53 Å². The third-order valence-electron chi connectivity index (χ3n) is 1.57. The van der Waals surface area contributed by atoms with Gasteiger partial charge in [0.15, 0.2) is 0 Å². The van der Waals surface area contributed by atoms with Crippen molar-refractivity contribution in [3.05, 3.63) is 0 Å². The number of hydrogen-bond donors (Lipinski definition) is 2. The number of nitrogens with two attached hydrogens (primary N) is 2. The molecule has 0 aromatic rings. The molecule has 0 bridgehead atoms. The van der Waals surface area contributed by atoms with Crippen molar-refractivity contribution in [2.45, 2.75) is 32.4 Å². The summed E-state index contributed by atoms with van der Waals surface area (Å²) in [5.41, 5.74) is 11.2. The summed E-state index contributed by atoms with van der Waals surface area (Å²) in [4.78, 5) is 0. The Hall–Kier alpha value is 0.0169. The SMILES string of the molecule is CCC(N)CO[Si](OC)OCC(C)N. The fraction of sp³-hybridized carbons (Fsp3) is 1.00. The van der Waals surface area contributed by atoms with Crippen LogP contribution in [-0.4, -0.2) is 41.9 Å². The van der Waals surface area contributed by atoms with Gasteiger partial charge in [0, 0.05) is 19.2 Å². The van der Waals surface area contributed by atoms with Gasteiger partial charge < -0.3 is 24.7 Å². The lowest BCUT2D eigenvalue weighted by Crippen LogP contribution is -2.36. The van der Waals surface area contributed by atoms with Gasteiger partial charge in [-0.25, -0.2) is 0 Å². The molecule has 0 aliphatic heterocycles. The smallest absolute Gasteiger partial charge is 0.375 e. The van der Waals surface area contributed by atoms with Crippen molar-refractivity contribution in [1.29, 1.82) is 0 Å². The molecular formula is C8H21N2O3Si. The highest BCUT2D eigenvalue weighted by Crippen LogP contribution is 1.95. The van der Waals surface area contributed by atoms with Crippen molar-refractivity contribution in [3.63, 3.8) is 0 Å². The van der Waals surface area contributed by atoms with Gasteiger partial charge in [0.2, 0.25) is 0 Å². The van der Waals surface area contributed by atoms with Crippen LogP contribution in [0, 0.1) is 0 Å². The quantitative estimate of drug-likeness (QED) is 0.552. The fourth-order valence-electron chi connectivity index (χ4n) is 0.652. The zero-order valence-electron chi connectivity index (χ0n) is 9.16. The molecule has 2 atom stereocenters. The summed E-state index contributed by atoms with van der Waals surface area (Å²) >= 11 is 0. The molecule has 0 saturated heterocycles. The molecule has 1 radical (unpaired) electrons. The van der Waals surface area contributed by atoms with E-state index in [2.05, 4.69) is 0 Å². The van der Waals surface area contributed by atoms with E-state index in [4.69, 9.17) is 24.7 Å². The van der Waals surface area contributed by atoms with Crippen LogP contribution in [0.1, 0.15) is 20.3 Å². The van der Waals surface area contributed by atoms with E-state index >= 15 is 0 Å². The monoisotopic (exact) mass is 221 g/mol. The first-order valence-corrected chi connectivity index (χ1v) is 6.00. The van der Waals surface area contributed by atoms with Crippen molar-refractivity contribution in [1.82, 2.24) is 0 Å². The van der Waals surface area contributed by atoms with Crippen LogP contribution in [0.25, 0.3) is 0 Å². The molecule has 5 nitrogen and oxygen atoms in total. The maximum absolute atomic E-state index is 5.69. The second kappa shape index (κ2) is 8.34. The normalized spacial score (nSPS) is 15.9. The standard InChI is InChI=1S/C8H21N2O3Si/c1-4-8(10)6-13-14(11-3)12-5-7(2)9/h7-8H,4-6,9-10H2,1-3H3. The summed E-state index contributed by atoms with van der Waals surface area (Å²) < 4.78 is 15.7. The van der Waals surface area contributed by atoms with Gasteiger partial charge in [0.25, 0.3) is 0 Å². The molecule has 0 aromatic heterocycles. The van der Waals surface area contributed by atoms with E-state index in [9.17, 15) is 0 Å². The van der Waals surface area contributed by atoms with Gasteiger partial charge in [0.05, 0.1) is 13.2 Å². The summed E-state index contributed by atoms with van der Waals surface area (Å²) in [6.07, 6.45) is 0.881. The number of rotatable bonds is 8. The second-order valence-corrected chi connectivity index (χ2v) is 4.71. The summed E-state index contributed by atoms with van der Waals surface area (Å²) in [7, 11) is -0.0817. The molecule has 0 aliphatic rings. The Labute approximate surface area is 87.7 Å². The molecule has 14 heavy (non-hydrogen) atoms. The Bertz CT molecular complexity index is 138. The van der Waals surface area contributed by atoms with Crippen LogP contribution in [0.4, 0.5) is 0 Å². The largest absolute Gasteiger partial charge is 0.577 e. The fourth-order valence-corrected chi connectivity index (χ4v) is 1.72. The van der Waals surface area contributed by atoms with Gasteiger partial charge in [-0.15, -0.1) is 0 Å². The minimum atomic E-state index is -1.64. The van der Waals surface area contributed by atoms with Crippen molar-refractivity contribution in [2.75, 3.05) is 20.3 Å². The van der Waals surface area contributed by atoms with Crippen LogP contribution in [0.3, 0.4) is 0 Å². The second-order valence-electron chi connectivity index (χ2n) is 3.22. The first kappa shape index (κ1) is 14.0. The van der Waals surface area contributed by atoms with Gasteiger partial charge in [-0.3, -0.25) is 0 Å². The maximum Gasteiger partial charge on any atom is 0.577 e. The number of hydrogen-bond acceptors (Lipinski definition) is 5. The molecule has 85 valence electrons. The molecule has 0 amide bonds. The van der Waals surface area contributed by atoms with Gasteiger partial charge in [-0.2, -0.15) is 0 Å². The van der Waals surface area contributed by atoms with Gasteiger partial charge >= 0.3 is 9.53 Å². The molecule has 0 aliphatic carbocycles. The van der Waals surface area contributed by atoms with Crippen molar-refractivity contribution in [2.24, 2.45) is 11.5 Å². The van der Waals surface area contributed by atoms with E-state index in [1.165, 1.54) is 0 Å². The van der Waals surface area contributed by atoms with Gasteiger partial charge in [-0.1, -0.05) is 6.92 Å². The molecule has 0 saturated carbocycles. The minimum absolute atomic E-state index is 0.00593. The highest BCUT2D eigenvalue weighted by atomic mass is 28.3. The first-order valence-electron chi connectivity index (χ1n) is 4.77. The Balaban J connectivity index is 3.57. The summed E-state index contributed by atoms with van der Waals surface area (Å²) in [5, 5.41) is 0. The average Bonchev–Trinajstić information content (AvgIpc) is 2.17. The van der Waals surface area contributed by atoms with Gasteiger partial charge in [-0.05, 0) is 13.3 Å². The third kappa shape index (κ3) is 7.42. The molecule has 2 unspecified atom stereocenters. The molecule has 0 rings (SSSR count). The van der Waals surface area contributed by atoms with E-state index in [1.807, 2.05) is 13.8 Å². The highest BCUT2D eigenvalue weighted by molar-refractivity contribution is 6.36. The highest BCUT2D eigenvalue weighted by Gasteiger charge is 2.18. The van der Waals surface area contributed by atoms with Gasteiger partial charge in [0.1, 0.15) is 0 Å². The molecule has 6 heteroatoms. The van der Waals surface area contributed by atoms with Crippen molar-refractivity contribution < 1.29 is 13.3 Å². The topological polar surface area (TPSA) is 79.7 Å². The molecule has 0 heterocycles. The molecule has 0 spiro atoms. The van der Waals surface area contributed by atoms with E-state index in [-0.39, 0.29) is 12.1 Å². The maximum atomic E-state index is 5.69. The van der Waals surface area contributed by atoms with Crippen LogP contribution >= 0.6 is 0 Å². The summed E-state index contributed by atoms with van der Waals surface area (Å²) in [5.74, 6) is 0. The Morgan fingerprint density at radius 3 is 2.21 bits per heavy atom. The first-order chi connectivity index (χ1) is 6.60. The molecule has 0 aromatic carbocycles. The Morgan fingerprint density at radius 1 is 1.21 bits per heavy atom. The van der Waals surface area contributed by atoms with Crippen LogP contribution in [-0.2, 0) is 13.3 Å². The van der Waals surface area contributed by atoms with E-state index in [1.54, 1.807) is 7.11 Å². The zero-order chi connectivity index (χ0) is 11.0. The minimum Gasteiger partial charge on any atom is -0.375 e. The van der Waals surface area contributed by atoms with Crippen LogP contribution in [0.5, 0.6) is 0 Å². The lowest BCUT2D eigenvalue weighted by Gasteiger charge is -2.16. The zero-order valence-corrected chi connectivity index (χ0v) is 10.2. The lowest BCUT2D eigenvalue weighted by molar-refractivity contribution is 0.102. The Morgan fingerprint density at radius 2 is 1.79 bits per heavy atom. The summed E-state index contributed by atoms with van der Waals surface area (Å²) in [6.45, 7) is 4.80. The summed E-state index contributed by atoms with van der Waals surface area (Å²) in [6, 6.07) is 0.0395. The van der Waals surface area contributed by atoms with Crippen LogP contribution in [0.15, 0.2) is 0 Å². The lowest BCUT2D eigenvalue weighted by atomic mass is 10.3. The molecular weight excluding hydrogens is 200 g/mol. The van der Waals surface area contributed by atoms with Crippen molar-refractivity contribution in [3.8, 4) is 0 Å². The average molecular weight is 221 g/mol. The molecule has 4 N–H and O–H groups in total. The van der Waals surface area contributed by atoms with Crippen LogP contribution in [0.2, 0.25) is 0 Å². The predicted octanol–water partition coefficient (Wildman–Crippen LogP) is -0.265. The van der Waals surface area contributed by atoms with Crippen LogP contribution < -0.4 is 11.5 Å². The third-order valence-corrected chi connectivity index (χ3v) is 2.71. The van der Waals surface area contributed by atoms with E-state index in [0.717, 1.165) is 6.42 Å².